The molecule has 1 saturated carbocycles. The Balaban J connectivity index is 1.54. The molecule has 0 spiro atoms. The van der Waals surface area contributed by atoms with Crippen LogP contribution in [0.4, 0.5) is 0 Å². The SMILES string of the molecule is Clc1ccc2c(c1)C1CC(c3ccccc3)=NN1C(C1CCCCC1)O2. The molecule has 0 radical (unpaired) electrons. The Bertz CT molecular complexity index is 829. The van der Waals surface area contributed by atoms with Crippen molar-refractivity contribution in [3.05, 3.63) is 64.7 Å². The number of rotatable bonds is 2. The highest BCUT2D eigenvalue weighted by Gasteiger charge is 2.43. The van der Waals surface area contributed by atoms with E-state index >= 15 is 0 Å². The monoisotopic (exact) mass is 366 g/mol. The molecule has 3 aliphatic rings. The first-order valence-corrected chi connectivity index (χ1v) is 10.0. The van der Waals surface area contributed by atoms with Gasteiger partial charge in [-0.05, 0) is 36.6 Å². The van der Waals surface area contributed by atoms with Crippen LogP contribution in [0.25, 0.3) is 0 Å². The lowest BCUT2D eigenvalue weighted by Crippen LogP contribution is -2.45. The van der Waals surface area contributed by atoms with E-state index in [9.17, 15) is 0 Å². The van der Waals surface area contributed by atoms with Crippen LogP contribution in [0.15, 0.2) is 53.6 Å². The molecule has 1 aliphatic carbocycles. The van der Waals surface area contributed by atoms with E-state index in [2.05, 4.69) is 41.4 Å². The van der Waals surface area contributed by atoms with Crippen LogP contribution in [-0.4, -0.2) is 16.9 Å². The maximum atomic E-state index is 6.48. The Morgan fingerprint density at radius 1 is 1.00 bits per heavy atom. The van der Waals surface area contributed by atoms with E-state index in [1.165, 1.54) is 43.2 Å². The van der Waals surface area contributed by atoms with Crippen LogP contribution in [-0.2, 0) is 0 Å². The lowest BCUT2D eigenvalue weighted by atomic mass is 9.86. The number of fused-ring (bicyclic) bond motifs is 3. The number of hydrogen-bond acceptors (Lipinski definition) is 3. The van der Waals surface area contributed by atoms with Crippen LogP contribution < -0.4 is 4.74 Å². The molecule has 3 nitrogen and oxygen atoms in total. The molecule has 134 valence electrons. The molecule has 1 fully saturated rings. The largest absolute Gasteiger partial charge is 0.468 e. The minimum atomic E-state index is 0.0372. The number of hydrazone groups is 1. The van der Waals surface area contributed by atoms with Gasteiger partial charge in [-0.2, -0.15) is 5.10 Å². The second-order valence-electron chi connectivity index (χ2n) is 7.60. The van der Waals surface area contributed by atoms with E-state index in [1.807, 2.05) is 12.1 Å². The van der Waals surface area contributed by atoms with E-state index in [4.69, 9.17) is 21.4 Å². The molecule has 2 atom stereocenters. The normalized spacial score (nSPS) is 25.3. The van der Waals surface area contributed by atoms with Gasteiger partial charge in [-0.25, -0.2) is 5.01 Å². The van der Waals surface area contributed by atoms with Crippen LogP contribution in [0.5, 0.6) is 5.75 Å². The molecule has 2 unspecified atom stereocenters. The van der Waals surface area contributed by atoms with Crippen LogP contribution >= 0.6 is 11.6 Å². The highest BCUT2D eigenvalue weighted by atomic mass is 35.5. The van der Waals surface area contributed by atoms with Gasteiger partial charge in [-0.3, -0.25) is 0 Å². The zero-order valence-electron chi connectivity index (χ0n) is 14.8. The van der Waals surface area contributed by atoms with Gasteiger partial charge in [-0.1, -0.05) is 61.2 Å². The summed E-state index contributed by atoms with van der Waals surface area (Å²) in [5, 5.41) is 8.04. The maximum absolute atomic E-state index is 6.48. The third-order valence-electron chi connectivity index (χ3n) is 5.94. The van der Waals surface area contributed by atoms with E-state index < -0.39 is 0 Å². The zero-order chi connectivity index (χ0) is 17.5. The highest BCUT2D eigenvalue weighted by molar-refractivity contribution is 6.30. The predicted octanol–water partition coefficient (Wildman–Crippen LogP) is 5.79. The third-order valence-corrected chi connectivity index (χ3v) is 6.18. The molecule has 0 saturated heterocycles. The van der Waals surface area contributed by atoms with Crippen LogP contribution in [0.1, 0.15) is 55.7 Å². The Morgan fingerprint density at radius 2 is 1.81 bits per heavy atom. The Hall–Kier alpha value is -2.00. The van der Waals surface area contributed by atoms with Gasteiger partial charge in [0.05, 0.1) is 11.8 Å². The van der Waals surface area contributed by atoms with Crippen LogP contribution in [0.3, 0.4) is 0 Å². The molecule has 2 aromatic carbocycles. The van der Waals surface area contributed by atoms with Gasteiger partial charge in [0.15, 0.2) is 6.23 Å². The fourth-order valence-electron chi connectivity index (χ4n) is 4.62. The van der Waals surface area contributed by atoms with Gasteiger partial charge in [0.1, 0.15) is 5.75 Å². The molecule has 0 amide bonds. The first kappa shape index (κ1) is 16.2. The molecule has 0 N–H and O–H groups in total. The second-order valence-corrected chi connectivity index (χ2v) is 8.04. The van der Waals surface area contributed by atoms with Crippen molar-refractivity contribution in [1.29, 1.82) is 0 Å². The van der Waals surface area contributed by atoms with Crippen molar-refractivity contribution in [2.75, 3.05) is 0 Å². The molecule has 26 heavy (non-hydrogen) atoms. The van der Waals surface area contributed by atoms with Gasteiger partial charge < -0.3 is 4.74 Å². The molecule has 0 bridgehead atoms. The topological polar surface area (TPSA) is 24.8 Å². The lowest BCUT2D eigenvalue weighted by Gasteiger charge is -2.42. The minimum Gasteiger partial charge on any atom is -0.468 e. The summed E-state index contributed by atoms with van der Waals surface area (Å²) in [4.78, 5) is 0. The lowest BCUT2D eigenvalue weighted by molar-refractivity contribution is -0.0643. The summed E-state index contributed by atoms with van der Waals surface area (Å²) in [5.74, 6) is 1.53. The summed E-state index contributed by atoms with van der Waals surface area (Å²) < 4.78 is 6.48. The average molecular weight is 367 g/mol. The standard InChI is InChI=1S/C22H23ClN2O/c23-17-11-12-21-18(13-17)20-14-19(15-7-3-1-4-8-15)24-25(20)22(26-21)16-9-5-2-6-10-16/h1,3-4,7-8,11-13,16,20,22H,2,5-6,9-10,14H2. The molecule has 0 aromatic heterocycles. The Kier molecular flexibility index (Phi) is 4.12. The highest BCUT2D eigenvalue weighted by Crippen LogP contribution is 2.47. The van der Waals surface area contributed by atoms with Crippen LogP contribution in [0.2, 0.25) is 5.02 Å². The fourth-order valence-corrected chi connectivity index (χ4v) is 4.80. The van der Waals surface area contributed by atoms with E-state index in [-0.39, 0.29) is 12.3 Å². The van der Waals surface area contributed by atoms with Gasteiger partial charge in [0.2, 0.25) is 0 Å². The van der Waals surface area contributed by atoms with Gasteiger partial charge in [0, 0.05) is 22.9 Å². The predicted molar refractivity (Wildman–Crippen MR) is 105 cm³/mol. The average Bonchev–Trinajstić information content (AvgIpc) is 3.15. The molecular formula is C22H23ClN2O. The van der Waals surface area contributed by atoms with Crippen molar-refractivity contribution in [1.82, 2.24) is 5.01 Å². The molecule has 4 heteroatoms. The van der Waals surface area contributed by atoms with Crippen molar-refractivity contribution < 1.29 is 4.74 Å². The van der Waals surface area contributed by atoms with Crippen molar-refractivity contribution >= 4 is 17.3 Å². The summed E-state index contributed by atoms with van der Waals surface area (Å²) >= 11 is 6.29. The van der Waals surface area contributed by atoms with Crippen molar-refractivity contribution in [2.24, 2.45) is 11.0 Å². The minimum absolute atomic E-state index is 0.0372. The maximum Gasteiger partial charge on any atom is 0.190 e. The number of hydrogen-bond donors (Lipinski definition) is 0. The molecule has 5 rings (SSSR count). The summed E-state index contributed by atoms with van der Waals surface area (Å²) in [6.45, 7) is 0. The third kappa shape index (κ3) is 2.79. The smallest absolute Gasteiger partial charge is 0.190 e. The first-order valence-electron chi connectivity index (χ1n) is 9.67. The van der Waals surface area contributed by atoms with Gasteiger partial charge >= 0.3 is 0 Å². The van der Waals surface area contributed by atoms with Crippen molar-refractivity contribution in [3.63, 3.8) is 0 Å². The van der Waals surface area contributed by atoms with E-state index in [1.54, 1.807) is 0 Å². The number of nitrogens with zero attached hydrogens (tertiary/aromatic N) is 2. The molecule has 2 aromatic rings. The number of ether oxygens (including phenoxy) is 1. The summed E-state index contributed by atoms with van der Waals surface area (Å²) in [7, 11) is 0. The first-order chi connectivity index (χ1) is 12.8. The quantitative estimate of drug-likeness (QED) is 0.672. The second kappa shape index (κ2) is 6.62. The Labute approximate surface area is 159 Å². The fraction of sp³-hybridized carbons (Fsp3) is 0.409. The summed E-state index contributed by atoms with van der Waals surface area (Å²) in [6, 6.07) is 16.7. The number of benzene rings is 2. The summed E-state index contributed by atoms with van der Waals surface area (Å²) in [6.07, 6.45) is 7.34. The Morgan fingerprint density at radius 3 is 2.62 bits per heavy atom. The van der Waals surface area contributed by atoms with E-state index in [0.717, 1.165) is 22.9 Å². The number of halogens is 1. The van der Waals surface area contributed by atoms with Crippen LogP contribution in [0, 0.1) is 5.92 Å². The van der Waals surface area contributed by atoms with Crippen molar-refractivity contribution in [2.45, 2.75) is 50.8 Å². The molecular weight excluding hydrogens is 344 g/mol. The molecule has 2 aliphatic heterocycles. The molecule has 2 heterocycles. The van der Waals surface area contributed by atoms with E-state index in [0.29, 0.717) is 5.92 Å². The van der Waals surface area contributed by atoms with Gasteiger partial charge in [0.25, 0.3) is 0 Å². The zero-order valence-corrected chi connectivity index (χ0v) is 15.5. The van der Waals surface area contributed by atoms with Gasteiger partial charge in [-0.15, -0.1) is 0 Å². The summed E-state index contributed by atoms with van der Waals surface area (Å²) in [5.41, 5.74) is 3.51. The van der Waals surface area contributed by atoms with Crippen molar-refractivity contribution in [3.8, 4) is 5.75 Å².